The number of hydrogen-bond acceptors (Lipinski definition) is 6. The number of phenolic OH excluding ortho intramolecular Hbond substituents is 1. The molecule has 2 aromatic heterocycles. The highest BCUT2D eigenvalue weighted by Gasteiger charge is 2.13. The number of phenols is 1. The zero-order chi connectivity index (χ0) is 21.4. The highest BCUT2D eigenvalue weighted by atomic mass is 35.5. The number of nitrogens with zero attached hydrogens (tertiary/aromatic N) is 2. The first kappa shape index (κ1) is 19.5. The van der Waals surface area contributed by atoms with Gasteiger partial charge in [-0.05, 0) is 54.1 Å². The first-order valence-corrected chi connectivity index (χ1v) is 10.6. The molecule has 5 nitrogen and oxygen atoms in total. The highest BCUT2D eigenvalue weighted by Crippen LogP contribution is 2.38. The molecule has 0 atom stereocenters. The Morgan fingerprint density at radius 2 is 1.97 bits per heavy atom. The van der Waals surface area contributed by atoms with Gasteiger partial charge in [-0.15, -0.1) is 11.3 Å². The molecule has 8 heteroatoms. The Morgan fingerprint density at radius 3 is 2.81 bits per heavy atom. The third-order valence-electron chi connectivity index (χ3n) is 4.71. The maximum absolute atomic E-state index is 13.3. The van der Waals surface area contributed by atoms with Crippen molar-refractivity contribution in [2.45, 2.75) is 6.61 Å². The molecule has 0 saturated heterocycles. The Kier molecular flexibility index (Phi) is 5.05. The minimum atomic E-state index is -0.306. The topological polar surface area (TPSA) is 67.3 Å². The summed E-state index contributed by atoms with van der Waals surface area (Å²) in [5, 5.41) is 14.4. The zero-order valence-corrected chi connectivity index (χ0v) is 17.5. The lowest BCUT2D eigenvalue weighted by atomic mass is 10.2. The minimum absolute atomic E-state index is 0.210. The van der Waals surface area contributed by atoms with Crippen LogP contribution >= 0.6 is 22.9 Å². The van der Waals surface area contributed by atoms with Crippen molar-refractivity contribution in [1.29, 1.82) is 0 Å². The van der Waals surface area contributed by atoms with Crippen LogP contribution in [0.15, 0.2) is 67.0 Å². The molecule has 31 heavy (non-hydrogen) atoms. The summed E-state index contributed by atoms with van der Waals surface area (Å²) in [5.74, 6) is 1.05. The van der Waals surface area contributed by atoms with Crippen LogP contribution < -0.4 is 10.1 Å². The van der Waals surface area contributed by atoms with Gasteiger partial charge in [0.05, 0.1) is 15.2 Å². The molecule has 0 spiro atoms. The van der Waals surface area contributed by atoms with Gasteiger partial charge in [-0.1, -0.05) is 23.7 Å². The van der Waals surface area contributed by atoms with Gasteiger partial charge in [0.15, 0.2) is 5.82 Å². The van der Waals surface area contributed by atoms with Crippen LogP contribution in [0.25, 0.3) is 20.3 Å². The van der Waals surface area contributed by atoms with Gasteiger partial charge in [0, 0.05) is 15.8 Å². The number of nitrogens with one attached hydrogen (secondary N) is 1. The van der Waals surface area contributed by atoms with Crippen LogP contribution in [0.3, 0.4) is 0 Å². The first-order chi connectivity index (χ1) is 15.1. The summed E-state index contributed by atoms with van der Waals surface area (Å²) in [7, 11) is 0. The minimum Gasteiger partial charge on any atom is -0.508 e. The van der Waals surface area contributed by atoms with E-state index in [1.165, 1.54) is 29.8 Å². The number of ether oxygens (including phenoxy) is 1. The van der Waals surface area contributed by atoms with Crippen LogP contribution in [0.1, 0.15) is 5.56 Å². The van der Waals surface area contributed by atoms with E-state index in [4.69, 9.17) is 16.3 Å². The number of aromatic hydroxyl groups is 1. The lowest BCUT2D eigenvalue weighted by Gasteiger charge is -2.11. The molecule has 0 saturated carbocycles. The molecule has 0 amide bonds. The number of thiophene rings is 1. The summed E-state index contributed by atoms with van der Waals surface area (Å²) in [6, 6.07) is 16.8. The number of hydrogen-bond donors (Lipinski definition) is 2. The largest absolute Gasteiger partial charge is 0.508 e. The van der Waals surface area contributed by atoms with Crippen molar-refractivity contribution in [3.05, 3.63) is 83.4 Å². The molecule has 0 aliphatic carbocycles. The van der Waals surface area contributed by atoms with Gasteiger partial charge in [-0.2, -0.15) is 0 Å². The number of aromatic nitrogens is 2. The van der Waals surface area contributed by atoms with Crippen LogP contribution in [0, 0.1) is 5.82 Å². The first-order valence-electron chi connectivity index (χ1n) is 9.37. The maximum Gasteiger partial charge on any atom is 0.151 e. The second kappa shape index (κ2) is 8.02. The molecule has 0 bridgehead atoms. The Balaban J connectivity index is 1.39. The molecule has 0 radical (unpaired) electrons. The molecule has 0 fully saturated rings. The van der Waals surface area contributed by atoms with Crippen molar-refractivity contribution >= 4 is 54.7 Å². The Hall–Kier alpha value is -3.42. The fourth-order valence-electron chi connectivity index (χ4n) is 3.27. The molecular formula is C23H15ClFN3O2S. The maximum atomic E-state index is 13.3. The number of fused-ring (bicyclic) bond motifs is 3. The van der Waals surface area contributed by atoms with Crippen molar-refractivity contribution < 1.29 is 14.2 Å². The molecule has 154 valence electrons. The number of benzene rings is 3. The van der Waals surface area contributed by atoms with E-state index < -0.39 is 0 Å². The molecule has 2 heterocycles. The van der Waals surface area contributed by atoms with Gasteiger partial charge in [0.1, 0.15) is 30.3 Å². The molecule has 2 N–H and O–H groups in total. The van der Waals surface area contributed by atoms with E-state index in [9.17, 15) is 9.50 Å². The molecule has 0 unspecified atom stereocenters. The van der Waals surface area contributed by atoms with Gasteiger partial charge in [-0.3, -0.25) is 0 Å². The average molecular weight is 452 g/mol. The summed E-state index contributed by atoms with van der Waals surface area (Å²) in [6.45, 7) is 0.214. The van der Waals surface area contributed by atoms with Crippen molar-refractivity contribution in [1.82, 2.24) is 9.97 Å². The summed E-state index contributed by atoms with van der Waals surface area (Å²) in [4.78, 5) is 8.77. The van der Waals surface area contributed by atoms with E-state index in [0.29, 0.717) is 16.6 Å². The third kappa shape index (κ3) is 3.97. The smallest absolute Gasteiger partial charge is 0.151 e. The van der Waals surface area contributed by atoms with Crippen LogP contribution in [0.5, 0.6) is 11.5 Å². The number of anilines is 2. The predicted octanol–water partition coefficient (Wildman–Crippen LogP) is 6.67. The van der Waals surface area contributed by atoms with Gasteiger partial charge in [-0.25, -0.2) is 14.4 Å². The Bertz CT molecular complexity index is 1420. The van der Waals surface area contributed by atoms with E-state index >= 15 is 0 Å². The van der Waals surface area contributed by atoms with Crippen molar-refractivity contribution in [3.8, 4) is 11.5 Å². The molecule has 0 aliphatic heterocycles. The van der Waals surface area contributed by atoms with Gasteiger partial charge < -0.3 is 15.2 Å². The summed E-state index contributed by atoms with van der Waals surface area (Å²) in [6.07, 6.45) is 1.50. The molecular weight excluding hydrogens is 437 g/mol. The fraction of sp³-hybridized carbons (Fsp3) is 0.0435. The van der Waals surface area contributed by atoms with Crippen LogP contribution in [-0.2, 0) is 6.61 Å². The summed E-state index contributed by atoms with van der Waals surface area (Å²) < 4.78 is 20.9. The van der Waals surface area contributed by atoms with Crippen LogP contribution in [0.4, 0.5) is 15.9 Å². The molecule has 5 rings (SSSR count). The van der Waals surface area contributed by atoms with Crippen molar-refractivity contribution in [2.75, 3.05) is 5.32 Å². The fourth-order valence-corrected chi connectivity index (χ4v) is 4.64. The monoisotopic (exact) mass is 451 g/mol. The predicted molar refractivity (Wildman–Crippen MR) is 122 cm³/mol. The van der Waals surface area contributed by atoms with Gasteiger partial charge in [0.25, 0.3) is 0 Å². The van der Waals surface area contributed by atoms with Crippen LogP contribution in [0.2, 0.25) is 5.02 Å². The quantitative estimate of drug-likeness (QED) is 0.312. The Morgan fingerprint density at radius 1 is 1.06 bits per heavy atom. The lowest BCUT2D eigenvalue weighted by molar-refractivity contribution is 0.306. The SMILES string of the molecule is Oc1ccc2c(c1)sc1c(Nc3ccc(OCc4cccc(F)c4)c(Cl)c3)ncnc12. The van der Waals surface area contributed by atoms with Crippen molar-refractivity contribution in [2.24, 2.45) is 0 Å². The van der Waals surface area contributed by atoms with Gasteiger partial charge in [0.2, 0.25) is 0 Å². The number of halogens is 2. The number of rotatable bonds is 5. The van der Waals surface area contributed by atoms with E-state index in [2.05, 4.69) is 15.3 Å². The summed E-state index contributed by atoms with van der Waals surface area (Å²) >= 11 is 7.90. The van der Waals surface area contributed by atoms with E-state index in [0.717, 1.165) is 31.6 Å². The van der Waals surface area contributed by atoms with E-state index in [1.54, 1.807) is 36.4 Å². The van der Waals surface area contributed by atoms with Crippen molar-refractivity contribution in [3.63, 3.8) is 0 Å². The van der Waals surface area contributed by atoms with Gasteiger partial charge >= 0.3 is 0 Å². The lowest BCUT2D eigenvalue weighted by Crippen LogP contribution is -1.98. The highest BCUT2D eigenvalue weighted by molar-refractivity contribution is 7.26. The normalized spacial score (nSPS) is 11.2. The molecule has 3 aromatic carbocycles. The molecule has 5 aromatic rings. The second-order valence-electron chi connectivity index (χ2n) is 6.87. The standard InChI is InChI=1S/C23H15ClFN3O2S/c24-18-9-15(4-7-19(18)30-11-13-2-1-3-14(25)8-13)28-23-22-21(26-12-27-23)17-6-5-16(29)10-20(17)31-22/h1-10,12,29H,11H2,(H,26,27,28). The molecule has 0 aliphatic rings. The third-order valence-corrected chi connectivity index (χ3v) is 6.16. The van der Waals surface area contributed by atoms with Crippen LogP contribution in [-0.4, -0.2) is 15.1 Å². The summed E-state index contributed by atoms with van der Waals surface area (Å²) in [5.41, 5.74) is 2.28. The van der Waals surface area contributed by atoms with E-state index in [1.807, 2.05) is 12.1 Å². The zero-order valence-electron chi connectivity index (χ0n) is 16.0. The second-order valence-corrected chi connectivity index (χ2v) is 8.33. The average Bonchev–Trinajstić information content (AvgIpc) is 3.12. The van der Waals surface area contributed by atoms with E-state index in [-0.39, 0.29) is 18.2 Å². The Labute approximate surface area is 185 Å².